The topological polar surface area (TPSA) is 110 Å². The summed E-state index contributed by atoms with van der Waals surface area (Å²) in [6, 6.07) is 11.2. The summed E-state index contributed by atoms with van der Waals surface area (Å²) in [4.78, 5) is 21.5. The van der Waals surface area contributed by atoms with Gasteiger partial charge in [-0.05, 0) is 50.5 Å². The Morgan fingerprint density at radius 2 is 1.81 bits per heavy atom. The highest BCUT2D eigenvalue weighted by Gasteiger charge is 2.37. The summed E-state index contributed by atoms with van der Waals surface area (Å²) in [7, 11) is -1.82. The molecule has 3 aromatic rings. The summed E-state index contributed by atoms with van der Waals surface area (Å²) in [6.07, 6.45) is 3.08. The molecule has 2 N–H and O–H groups in total. The Hall–Kier alpha value is -2.98. The number of pyridine rings is 1. The van der Waals surface area contributed by atoms with E-state index >= 15 is 0 Å². The summed E-state index contributed by atoms with van der Waals surface area (Å²) in [6.45, 7) is 3.52. The van der Waals surface area contributed by atoms with Crippen molar-refractivity contribution in [3.05, 3.63) is 53.7 Å². The lowest BCUT2D eigenvalue weighted by molar-refractivity contribution is -0.120. The van der Waals surface area contributed by atoms with Crippen molar-refractivity contribution in [2.75, 3.05) is 17.1 Å². The van der Waals surface area contributed by atoms with Crippen LogP contribution >= 0.6 is 11.3 Å². The van der Waals surface area contributed by atoms with Gasteiger partial charge in [-0.15, -0.1) is 11.3 Å². The van der Waals surface area contributed by atoms with Crippen molar-refractivity contribution >= 4 is 38.1 Å². The molecule has 1 fully saturated rings. The van der Waals surface area contributed by atoms with Gasteiger partial charge in [-0.25, -0.2) is 18.4 Å². The quantitative estimate of drug-likeness (QED) is 0.512. The van der Waals surface area contributed by atoms with Crippen molar-refractivity contribution in [1.82, 2.24) is 9.97 Å². The number of carbonyl (C=O) groups excluding carboxylic acids is 1. The van der Waals surface area contributed by atoms with E-state index in [1.165, 1.54) is 11.3 Å². The molecule has 2 heterocycles. The Labute approximate surface area is 191 Å². The average Bonchev–Trinajstić information content (AvgIpc) is 3.55. The van der Waals surface area contributed by atoms with Gasteiger partial charge in [0.2, 0.25) is 21.8 Å². The van der Waals surface area contributed by atoms with Crippen LogP contribution in [0.15, 0.2) is 48.0 Å². The fraction of sp³-hybridized carbons (Fsp3) is 0.318. The van der Waals surface area contributed by atoms with Crippen LogP contribution in [0.1, 0.15) is 32.4 Å². The fourth-order valence-electron chi connectivity index (χ4n) is 3.01. The van der Waals surface area contributed by atoms with E-state index in [4.69, 9.17) is 4.74 Å². The molecule has 4 rings (SSSR count). The third-order valence-electron chi connectivity index (χ3n) is 5.33. The Morgan fingerprint density at radius 1 is 1.12 bits per heavy atom. The molecular formula is C22H24N4O4S2. The van der Waals surface area contributed by atoms with Crippen LogP contribution in [-0.2, 0) is 20.2 Å². The molecule has 10 heteroatoms. The summed E-state index contributed by atoms with van der Waals surface area (Å²) in [5.74, 6) is 0.309. The average molecular weight is 473 g/mol. The van der Waals surface area contributed by atoms with Crippen LogP contribution in [0.5, 0.6) is 5.88 Å². The molecule has 0 radical (unpaired) electrons. The summed E-state index contributed by atoms with van der Waals surface area (Å²) >= 11 is 1.18. The number of ether oxygens (including phenoxy) is 1. The van der Waals surface area contributed by atoms with Gasteiger partial charge in [0.05, 0.1) is 23.5 Å². The second-order valence-corrected chi connectivity index (χ2v) is 10.9. The van der Waals surface area contributed by atoms with Crippen molar-refractivity contribution in [1.29, 1.82) is 0 Å². The van der Waals surface area contributed by atoms with E-state index in [9.17, 15) is 13.2 Å². The Kier molecular flexibility index (Phi) is 5.91. The van der Waals surface area contributed by atoms with Crippen LogP contribution in [0.2, 0.25) is 0 Å². The highest BCUT2D eigenvalue weighted by Crippen LogP contribution is 2.33. The number of sulfonamides is 1. The van der Waals surface area contributed by atoms with Crippen LogP contribution in [0, 0.1) is 0 Å². The number of anilines is 2. The fourth-order valence-corrected chi connectivity index (χ4v) is 5.49. The van der Waals surface area contributed by atoms with Gasteiger partial charge >= 0.3 is 0 Å². The molecule has 1 amide bonds. The van der Waals surface area contributed by atoms with Gasteiger partial charge < -0.3 is 10.1 Å². The van der Waals surface area contributed by atoms with E-state index in [0.717, 1.165) is 11.1 Å². The molecule has 0 atom stereocenters. The number of nitrogens with one attached hydrogen (secondary N) is 2. The van der Waals surface area contributed by atoms with Crippen molar-refractivity contribution in [3.8, 4) is 17.0 Å². The van der Waals surface area contributed by atoms with Crippen LogP contribution in [-0.4, -0.2) is 36.7 Å². The molecular weight excluding hydrogens is 448 g/mol. The minimum atomic E-state index is -3.39. The minimum Gasteiger partial charge on any atom is -0.481 e. The monoisotopic (exact) mass is 472 g/mol. The highest BCUT2D eigenvalue weighted by molar-refractivity contribution is 7.93. The lowest BCUT2D eigenvalue weighted by Gasteiger charge is -2.21. The third-order valence-corrected chi connectivity index (χ3v) is 8.04. The zero-order valence-corrected chi connectivity index (χ0v) is 19.6. The van der Waals surface area contributed by atoms with E-state index in [1.807, 2.05) is 30.3 Å². The van der Waals surface area contributed by atoms with Gasteiger partial charge in [-0.1, -0.05) is 12.1 Å². The van der Waals surface area contributed by atoms with E-state index in [0.29, 0.717) is 30.1 Å². The van der Waals surface area contributed by atoms with Crippen LogP contribution in [0.25, 0.3) is 11.1 Å². The first-order valence-corrected chi connectivity index (χ1v) is 12.5. The van der Waals surface area contributed by atoms with E-state index < -0.39 is 15.4 Å². The zero-order chi connectivity index (χ0) is 22.9. The summed E-state index contributed by atoms with van der Waals surface area (Å²) < 4.78 is 31.9. The predicted molar refractivity (Wildman–Crippen MR) is 126 cm³/mol. The first-order chi connectivity index (χ1) is 15.2. The molecule has 0 aliphatic heterocycles. The van der Waals surface area contributed by atoms with Gasteiger partial charge in [-0.2, -0.15) is 0 Å². The highest BCUT2D eigenvalue weighted by atomic mass is 32.2. The number of benzene rings is 1. The summed E-state index contributed by atoms with van der Waals surface area (Å²) in [5, 5.41) is 4.58. The van der Waals surface area contributed by atoms with Crippen molar-refractivity contribution in [3.63, 3.8) is 0 Å². The molecule has 0 unspecified atom stereocenters. The number of carbonyl (C=O) groups is 1. The first-order valence-electron chi connectivity index (χ1n) is 10.1. The van der Waals surface area contributed by atoms with Gasteiger partial charge in [0.1, 0.15) is 0 Å². The largest absolute Gasteiger partial charge is 0.481 e. The van der Waals surface area contributed by atoms with Gasteiger partial charge in [0, 0.05) is 28.9 Å². The molecule has 1 aromatic carbocycles. The van der Waals surface area contributed by atoms with E-state index in [1.54, 1.807) is 38.6 Å². The SMILES string of the molecule is COc1ccc(-c2ccc(NC(=O)C(C)(C)c3csc(NS(=O)(=O)C4CC4)n3)cc2)cn1. The number of thiazole rings is 1. The second kappa shape index (κ2) is 8.51. The number of nitrogens with zero attached hydrogens (tertiary/aromatic N) is 2. The number of amides is 1. The standard InChI is InChI=1S/C22H24N4O4S2/c1-22(2,18-13-31-21(25-18)26-32(28,29)17-9-10-17)20(27)24-16-7-4-14(5-8-16)15-6-11-19(30-3)23-12-15/h4-8,11-13,17H,9-10H2,1-3H3,(H,24,27)(H,25,26). The number of hydrogen-bond donors (Lipinski definition) is 2. The van der Waals surface area contributed by atoms with E-state index in [-0.39, 0.29) is 16.3 Å². The van der Waals surface area contributed by atoms with Crippen LogP contribution < -0.4 is 14.8 Å². The first kappa shape index (κ1) is 22.2. The maximum atomic E-state index is 13.0. The molecule has 0 spiro atoms. The smallest absolute Gasteiger partial charge is 0.237 e. The number of rotatable bonds is 8. The van der Waals surface area contributed by atoms with E-state index in [2.05, 4.69) is 20.0 Å². The van der Waals surface area contributed by atoms with Gasteiger partial charge in [0.15, 0.2) is 5.13 Å². The molecule has 168 valence electrons. The number of methoxy groups -OCH3 is 1. The number of hydrogen-bond acceptors (Lipinski definition) is 7. The Morgan fingerprint density at radius 3 is 2.41 bits per heavy atom. The summed E-state index contributed by atoms with van der Waals surface area (Å²) in [5.41, 5.74) is 2.11. The molecule has 8 nitrogen and oxygen atoms in total. The molecule has 1 saturated carbocycles. The number of aromatic nitrogens is 2. The minimum absolute atomic E-state index is 0.238. The molecule has 0 saturated heterocycles. The van der Waals surface area contributed by atoms with Crippen molar-refractivity contribution < 1.29 is 17.9 Å². The lowest BCUT2D eigenvalue weighted by atomic mass is 9.89. The van der Waals surface area contributed by atoms with Crippen molar-refractivity contribution in [2.45, 2.75) is 37.4 Å². The van der Waals surface area contributed by atoms with Crippen molar-refractivity contribution in [2.24, 2.45) is 0 Å². The van der Waals surface area contributed by atoms with Crippen LogP contribution in [0.4, 0.5) is 10.8 Å². The molecule has 1 aliphatic rings. The van der Waals surface area contributed by atoms with Crippen LogP contribution in [0.3, 0.4) is 0 Å². The molecule has 2 aromatic heterocycles. The normalized spacial score (nSPS) is 14.1. The zero-order valence-electron chi connectivity index (χ0n) is 18.0. The third kappa shape index (κ3) is 4.76. The maximum absolute atomic E-state index is 13.0. The molecule has 32 heavy (non-hydrogen) atoms. The Bertz CT molecular complexity index is 1220. The molecule has 1 aliphatic carbocycles. The Balaban J connectivity index is 1.43. The molecule has 0 bridgehead atoms. The lowest BCUT2D eigenvalue weighted by Crippen LogP contribution is -2.35. The predicted octanol–water partition coefficient (Wildman–Crippen LogP) is 4.03. The second-order valence-electron chi connectivity index (χ2n) is 8.13. The maximum Gasteiger partial charge on any atom is 0.237 e. The van der Waals surface area contributed by atoms with Gasteiger partial charge in [0.25, 0.3) is 0 Å². The van der Waals surface area contributed by atoms with Gasteiger partial charge in [-0.3, -0.25) is 9.52 Å².